The molecule has 3 nitrogen and oxygen atoms in total. The monoisotopic (exact) mass is 356 g/mol. The molecule has 0 saturated carbocycles. The molecular weight excluding hydrogens is 352 g/mol. The third-order valence-corrected chi connectivity index (χ3v) is 4.15. The van der Waals surface area contributed by atoms with Crippen LogP contribution in [0, 0.1) is 17.5 Å². The highest BCUT2D eigenvalue weighted by Gasteiger charge is 2.26. The minimum absolute atomic E-state index is 0.144. The van der Waals surface area contributed by atoms with Crippen LogP contribution in [0.4, 0.5) is 13.2 Å². The van der Waals surface area contributed by atoms with Crippen molar-refractivity contribution in [3.05, 3.63) is 57.8 Å². The minimum atomic E-state index is -4.73. The van der Waals surface area contributed by atoms with E-state index in [1.54, 1.807) is 0 Å². The van der Waals surface area contributed by atoms with E-state index in [0.29, 0.717) is 12.1 Å². The number of rotatable bonds is 3. The average molecular weight is 357 g/mol. The van der Waals surface area contributed by atoms with Gasteiger partial charge in [0.15, 0.2) is 23.2 Å². The molecule has 0 N–H and O–H groups in total. The summed E-state index contributed by atoms with van der Waals surface area (Å²) in [6, 6.07) is 4.65. The molecule has 2 rings (SSSR count). The standard InChI is InChI=1S/C12H5Cl2F3O3S/c13-6-1-3-9(7(14)5-6)20-21(18,19)10-4-2-8(15)11(16)12(10)17/h1-5H. The van der Waals surface area contributed by atoms with Gasteiger partial charge in [-0.2, -0.15) is 8.42 Å². The number of halogens is 5. The van der Waals surface area contributed by atoms with Gasteiger partial charge in [0.2, 0.25) is 0 Å². The highest BCUT2D eigenvalue weighted by Crippen LogP contribution is 2.31. The molecule has 0 aliphatic heterocycles. The van der Waals surface area contributed by atoms with Crippen LogP contribution >= 0.6 is 23.2 Å². The van der Waals surface area contributed by atoms with Gasteiger partial charge in [-0.05, 0) is 30.3 Å². The van der Waals surface area contributed by atoms with E-state index in [0.717, 1.165) is 6.07 Å². The maximum Gasteiger partial charge on any atom is 0.342 e. The summed E-state index contributed by atoms with van der Waals surface area (Å²) in [7, 11) is -4.73. The van der Waals surface area contributed by atoms with E-state index in [4.69, 9.17) is 23.2 Å². The van der Waals surface area contributed by atoms with Crippen molar-refractivity contribution in [2.45, 2.75) is 4.90 Å². The van der Waals surface area contributed by atoms with E-state index in [9.17, 15) is 21.6 Å². The van der Waals surface area contributed by atoms with Gasteiger partial charge in [0.1, 0.15) is 4.90 Å². The first-order valence-corrected chi connectivity index (χ1v) is 7.42. The van der Waals surface area contributed by atoms with E-state index >= 15 is 0 Å². The maximum absolute atomic E-state index is 13.5. The van der Waals surface area contributed by atoms with Gasteiger partial charge < -0.3 is 4.18 Å². The largest absolute Gasteiger partial charge is 0.377 e. The van der Waals surface area contributed by atoms with Gasteiger partial charge in [-0.15, -0.1) is 0 Å². The molecule has 0 aliphatic carbocycles. The Hall–Kier alpha value is -1.44. The zero-order valence-electron chi connectivity index (χ0n) is 9.91. The van der Waals surface area contributed by atoms with Crippen LogP contribution in [0.25, 0.3) is 0 Å². The summed E-state index contributed by atoms with van der Waals surface area (Å²) < 4.78 is 67.7. The Labute approximate surface area is 128 Å². The van der Waals surface area contributed by atoms with Gasteiger partial charge >= 0.3 is 10.1 Å². The van der Waals surface area contributed by atoms with Crippen molar-refractivity contribution in [2.75, 3.05) is 0 Å². The minimum Gasteiger partial charge on any atom is -0.377 e. The lowest BCUT2D eigenvalue weighted by atomic mass is 10.3. The van der Waals surface area contributed by atoms with Crippen LogP contribution in [0.1, 0.15) is 0 Å². The second-order valence-corrected chi connectivity index (χ2v) is 6.14. The summed E-state index contributed by atoms with van der Waals surface area (Å²) in [6.07, 6.45) is 0. The Morgan fingerprint density at radius 2 is 1.62 bits per heavy atom. The summed E-state index contributed by atoms with van der Waals surface area (Å²) >= 11 is 11.3. The lowest BCUT2D eigenvalue weighted by molar-refractivity contribution is 0.423. The van der Waals surface area contributed by atoms with Gasteiger partial charge in [-0.1, -0.05) is 23.2 Å². The molecule has 0 radical (unpaired) electrons. The summed E-state index contributed by atoms with van der Waals surface area (Å²) in [6.45, 7) is 0. The second-order valence-electron chi connectivity index (χ2n) is 3.79. The fourth-order valence-corrected chi connectivity index (χ4v) is 2.92. The smallest absolute Gasteiger partial charge is 0.342 e. The van der Waals surface area contributed by atoms with E-state index < -0.39 is 32.5 Å². The van der Waals surface area contributed by atoms with Crippen LogP contribution in [0.3, 0.4) is 0 Å². The molecule has 2 aromatic carbocycles. The molecule has 0 spiro atoms. The predicted molar refractivity (Wildman–Crippen MR) is 70.6 cm³/mol. The zero-order valence-corrected chi connectivity index (χ0v) is 12.2. The molecule has 21 heavy (non-hydrogen) atoms. The van der Waals surface area contributed by atoms with Gasteiger partial charge in [0.25, 0.3) is 0 Å². The molecule has 2 aromatic rings. The summed E-state index contributed by atoms with van der Waals surface area (Å²) in [5.41, 5.74) is 0. The average Bonchev–Trinajstić information content (AvgIpc) is 2.39. The normalized spacial score (nSPS) is 11.5. The third-order valence-electron chi connectivity index (χ3n) is 2.36. The Morgan fingerprint density at radius 1 is 0.952 bits per heavy atom. The number of benzene rings is 2. The van der Waals surface area contributed by atoms with Crippen LogP contribution in [-0.2, 0) is 10.1 Å². The molecule has 0 fully saturated rings. The van der Waals surface area contributed by atoms with Crippen molar-refractivity contribution in [1.29, 1.82) is 0 Å². The van der Waals surface area contributed by atoms with Crippen molar-refractivity contribution in [3.8, 4) is 5.75 Å². The quantitative estimate of drug-likeness (QED) is 0.612. The van der Waals surface area contributed by atoms with Gasteiger partial charge in [-0.25, -0.2) is 13.2 Å². The lowest BCUT2D eigenvalue weighted by Crippen LogP contribution is -2.13. The number of hydrogen-bond donors (Lipinski definition) is 0. The SMILES string of the molecule is O=S(=O)(Oc1ccc(Cl)cc1Cl)c1ccc(F)c(F)c1F. The van der Waals surface area contributed by atoms with Crippen LogP contribution in [0.15, 0.2) is 35.2 Å². The Balaban J connectivity index is 2.46. The van der Waals surface area contributed by atoms with Crippen molar-refractivity contribution in [1.82, 2.24) is 0 Å². The first-order valence-electron chi connectivity index (χ1n) is 5.25. The lowest BCUT2D eigenvalue weighted by Gasteiger charge is -2.09. The molecule has 0 unspecified atom stereocenters. The van der Waals surface area contributed by atoms with E-state index in [-0.39, 0.29) is 15.8 Å². The molecular formula is C12H5Cl2F3O3S. The van der Waals surface area contributed by atoms with E-state index in [1.165, 1.54) is 12.1 Å². The topological polar surface area (TPSA) is 43.4 Å². The molecule has 0 aliphatic rings. The fraction of sp³-hybridized carbons (Fsp3) is 0. The number of hydrogen-bond acceptors (Lipinski definition) is 3. The summed E-state index contributed by atoms with van der Waals surface area (Å²) in [5.74, 6) is -5.64. The molecule has 0 bridgehead atoms. The van der Waals surface area contributed by atoms with Gasteiger partial charge in [-0.3, -0.25) is 0 Å². The van der Waals surface area contributed by atoms with Crippen LogP contribution in [-0.4, -0.2) is 8.42 Å². The highest BCUT2D eigenvalue weighted by atomic mass is 35.5. The molecule has 0 heterocycles. The van der Waals surface area contributed by atoms with Gasteiger partial charge in [0, 0.05) is 5.02 Å². The van der Waals surface area contributed by atoms with E-state index in [2.05, 4.69) is 4.18 Å². The Morgan fingerprint density at radius 3 is 2.24 bits per heavy atom. The van der Waals surface area contributed by atoms with Crippen LogP contribution in [0.2, 0.25) is 10.0 Å². The highest BCUT2D eigenvalue weighted by molar-refractivity contribution is 7.87. The second kappa shape index (κ2) is 5.75. The van der Waals surface area contributed by atoms with E-state index in [1.807, 2.05) is 0 Å². The fourth-order valence-electron chi connectivity index (χ4n) is 1.41. The maximum atomic E-state index is 13.5. The molecule has 0 atom stereocenters. The van der Waals surface area contributed by atoms with Gasteiger partial charge in [0.05, 0.1) is 5.02 Å². The predicted octanol–water partition coefficient (Wildman–Crippen LogP) is 4.18. The molecule has 9 heteroatoms. The van der Waals surface area contributed by atoms with Crippen molar-refractivity contribution in [3.63, 3.8) is 0 Å². The molecule has 112 valence electrons. The molecule has 0 aromatic heterocycles. The molecule has 0 amide bonds. The first kappa shape index (κ1) is 15.9. The first-order chi connectivity index (χ1) is 9.72. The van der Waals surface area contributed by atoms with Crippen LogP contribution < -0.4 is 4.18 Å². The Bertz CT molecular complexity index is 810. The van der Waals surface area contributed by atoms with Crippen LogP contribution in [0.5, 0.6) is 5.75 Å². The third kappa shape index (κ3) is 3.25. The zero-order chi connectivity index (χ0) is 15.8. The van der Waals surface area contributed by atoms with Crippen molar-refractivity contribution in [2.24, 2.45) is 0 Å². The summed E-state index contributed by atoms with van der Waals surface area (Å²) in [5, 5.41) is 0.0813. The van der Waals surface area contributed by atoms with Crippen molar-refractivity contribution < 1.29 is 25.8 Å². The molecule has 0 saturated heterocycles. The summed E-state index contributed by atoms with van der Waals surface area (Å²) in [4.78, 5) is -1.15. The van der Waals surface area contributed by atoms with Crippen molar-refractivity contribution >= 4 is 33.3 Å². The Kier molecular flexibility index (Phi) is 4.36.